The topological polar surface area (TPSA) is 36.9 Å². The van der Waals surface area contributed by atoms with Crippen molar-refractivity contribution in [2.45, 2.75) is 50.8 Å². The molecule has 24 heavy (non-hydrogen) atoms. The quantitative estimate of drug-likeness (QED) is 0.627. The second-order valence-electron chi connectivity index (χ2n) is 5.84. The van der Waals surface area contributed by atoms with Crippen LogP contribution in [0.3, 0.4) is 0 Å². The fourth-order valence-corrected chi connectivity index (χ4v) is 2.72. The second-order valence-corrected chi connectivity index (χ2v) is 5.84. The van der Waals surface area contributed by atoms with Crippen molar-refractivity contribution < 1.29 is 18.9 Å². The van der Waals surface area contributed by atoms with Crippen LogP contribution >= 0.6 is 0 Å². The largest absolute Gasteiger partial charge is 0.497 e. The van der Waals surface area contributed by atoms with Crippen LogP contribution in [0.2, 0.25) is 0 Å². The Morgan fingerprint density at radius 2 is 2.04 bits per heavy atom. The third-order valence-corrected chi connectivity index (χ3v) is 4.18. The lowest BCUT2D eigenvalue weighted by molar-refractivity contribution is -0.271. The van der Waals surface area contributed by atoms with Crippen LogP contribution in [-0.2, 0) is 14.2 Å². The van der Waals surface area contributed by atoms with Gasteiger partial charge in [-0.25, -0.2) is 0 Å². The third kappa shape index (κ3) is 4.94. The molecule has 1 fully saturated rings. The van der Waals surface area contributed by atoms with Crippen LogP contribution in [0.5, 0.6) is 5.75 Å². The molecular weight excluding hydrogens is 304 g/mol. The summed E-state index contributed by atoms with van der Waals surface area (Å²) in [4.78, 5) is 0. The van der Waals surface area contributed by atoms with E-state index in [1.807, 2.05) is 36.4 Å². The molecule has 4 heteroatoms. The molecule has 1 saturated heterocycles. The van der Waals surface area contributed by atoms with Gasteiger partial charge in [-0.1, -0.05) is 31.2 Å². The molecule has 1 aliphatic rings. The Kier molecular flexibility index (Phi) is 7.50. The standard InChI is InChI=1S/C20H28O4/c1-5-8-9-18-19(23-16(6-2)7-3)14-22-20(24-18)15-10-12-17(21-4)13-11-15/h5-6,10-13,16,18-20H,1-2,7-9,14H2,3-4H3/t16-,18-,19+,20+/m0/s1. The highest BCUT2D eigenvalue weighted by Gasteiger charge is 2.34. The summed E-state index contributed by atoms with van der Waals surface area (Å²) in [5.41, 5.74) is 0.980. The Bertz CT molecular complexity index is 511. The van der Waals surface area contributed by atoms with E-state index in [0.717, 1.165) is 30.6 Å². The van der Waals surface area contributed by atoms with E-state index >= 15 is 0 Å². The lowest BCUT2D eigenvalue weighted by atomic mass is 10.1. The van der Waals surface area contributed by atoms with Crippen molar-refractivity contribution in [3.8, 4) is 5.75 Å². The van der Waals surface area contributed by atoms with Crippen LogP contribution in [0.4, 0.5) is 0 Å². The first-order valence-corrected chi connectivity index (χ1v) is 8.51. The molecule has 1 aromatic rings. The Labute approximate surface area is 145 Å². The maximum absolute atomic E-state index is 6.18. The molecule has 132 valence electrons. The summed E-state index contributed by atoms with van der Waals surface area (Å²) in [7, 11) is 1.65. The van der Waals surface area contributed by atoms with Gasteiger partial charge in [0.1, 0.15) is 11.9 Å². The number of rotatable bonds is 9. The van der Waals surface area contributed by atoms with Crippen molar-refractivity contribution in [1.29, 1.82) is 0 Å². The van der Waals surface area contributed by atoms with E-state index in [0.29, 0.717) is 6.61 Å². The molecule has 0 bridgehead atoms. The molecule has 0 saturated carbocycles. The highest BCUT2D eigenvalue weighted by atomic mass is 16.7. The fraction of sp³-hybridized carbons (Fsp3) is 0.500. The molecule has 0 amide bonds. The van der Waals surface area contributed by atoms with Gasteiger partial charge >= 0.3 is 0 Å². The summed E-state index contributed by atoms with van der Waals surface area (Å²) in [5, 5.41) is 0. The summed E-state index contributed by atoms with van der Waals surface area (Å²) < 4.78 is 23.4. The number of ether oxygens (including phenoxy) is 4. The van der Waals surface area contributed by atoms with E-state index < -0.39 is 0 Å². The first-order valence-electron chi connectivity index (χ1n) is 8.51. The minimum Gasteiger partial charge on any atom is -0.497 e. The maximum Gasteiger partial charge on any atom is 0.184 e. The van der Waals surface area contributed by atoms with Crippen LogP contribution in [0.25, 0.3) is 0 Å². The molecule has 0 aromatic heterocycles. The van der Waals surface area contributed by atoms with Crippen LogP contribution in [0.1, 0.15) is 38.0 Å². The van der Waals surface area contributed by atoms with E-state index in [9.17, 15) is 0 Å². The second kappa shape index (κ2) is 9.62. The molecule has 4 atom stereocenters. The van der Waals surface area contributed by atoms with Crippen molar-refractivity contribution in [2.24, 2.45) is 0 Å². The van der Waals surface area contributed by atoms with Gasteiger partial charge in [-0.15, -0.1) is 13.2 Å². The van der Waals surface area contributed by atoms with Crippen LogP contribution < -0.4 is 4.74 Å². The number of allylic oxidation sites excluding steroid dienone is 1. The number of hydrogen-bond acceptors (Lipinski definition) is 4. The van der Waals surface area contributed by atoms with Crippen molar-refractivity contribution in [3.05, 3.63) is 55.1 Å². The zero-order valence-electron chi connectivity index (χ0n) is 14.6. The van der Waals surface area contributed by atoms with Gasteiger partial charge in [-0.05, 0) is 31.4 Å². The summed E-state index contributed by atoms with van der Waals surface area (Å²) in [6.07, 6.45) is 5.88. The SMILES string of the molecule is C=CCC[C@@H]1O[C@H](c2ccc(OC)cc2)OC[C@H]1O[C@@H](C=C)CC. The van der Waals surface area contributed by atoms with Gasteiger partial charge in [0.05, 0.1) is 25.9 Å². The first-order chi connectivity index (χ1) is 11.7. The Hall–Kier alpha value is -1.62. The Morgan fingerprint density at radius 3 is 2.62 bits per heavy atom. The fourth-order valence-electron chi connectivity index (χ4n) is 2.72. The molecule has 0 radical (unpaired) electrons. The van der Waals surface area contributed by atoms with E-state index in [2.05, 4.69) is 20.1 Å². The first kappa shape index (κ1) is 18.7. The van der Waals surface area contributed by atoms with Crippen LogP contribution in [0.15, 0.2) is 49.6 Å². The van der Waals surface area contributed by atoms with Crippen LogP contribution in [0, 0.1) is 0 Å². The molecule has 1 heterocycles. The minimum atomic E-state index is -0.380. The highest BCUT2D eigenvalue weighted by molar-refractivity contribution is 5.28. The predicted molar refractivity (Wildman–Crippen MR) is 95.1 cm³/mol. The average Bonchev–Trinajstić information content (AvgIpc) is 2.65. The lowest BCUT2D eigenvalue weighted by Gasteiger charge is -2.37. The predicted octanol–water partition coefficient (Wildman–Crippen LogP) is 4.43. The molecule has 1 aliphatic heterocycles. The van der Waals surface area contributed by atoms with Crippen molar-refractivity contribution in [2.75, 3.05) is 13.7 Å². The monoisotopic (exact) mass is 332 g/mol. The van der Waals surface area contributed by atoms with Crippen LogP contribution in [-0.4, -0.2) is 32.0 Å². The van der Waals surface area contributed by atoms with E-state index in [1.54, 1.807) is 7.11 Å². The van der Waals surface area contributed by atoms with Gasteiger partial charge in [0.2, 0.25) is 0 Å². The summed E-state index contributed by atoms with van der Waals surface area (Å²) >= 11 is 0. The molecule has 2 rings (SSSR count). The van der Waals surface area contributed by atoms with Crippen molar-refractivity contribution in [3.63, 3.8) is 0 Å². The zero-order chi connectivity index (χ0) is 17.4. The van der Waals surface area contributed by atoms with Gasteiger partial charge in [-0.3, -0.25) is 0 Å². The third-order valence-electron chi connectivity index (χ3n) is 4.18. The molecule has 0 spiro atoms. The highest BCUT2D eigenvalue weighted by Crippen LogP contribution is 2.31. The summed E-state index contributed by atoms with van der Waals surface area (Å²) in [5.74, 6) is 0.816. The molecular formula is C20H28O4. The molecule has 0 unspecified atom stereocenters. The minimum absolute atomic E-state index is 0.0194. The van der Waals surface area contributed by atoms with E-state index in [-0.39, 0.29) is 24.6 Å². The molecule has 0 aliphatic carbocycles. The van der Waals surface area contributed by atoms with Crippen molar-refractivity contribution in [1.82, 2.24) is 0 Å². The summed E-state index contributed by atoms with van der Waals surface area (Å²) in [6, 6.07) is 7.75. The maximum atomic E-state index is 6.18. The van der Waals surface area contributed by atoms with E-state index in [4.69, 9.17) is 18.9 Å². The molecule has 1 aromatic carbocycles. The zero-order valence-corrected chi connectivity index (χ0v) is 14.6. The molecule has 4 nitrogen and oxygen atoms in total. The van der Waals surface area contributed by atoms with Gasteiger partial charge < -0.3 is 18.9 Å². The van der Waals surface area contributed by atoms with Gasteiger partial charge in [-0.2, -0.15) is 0 Å². The summed E-state index contributed by atoms with van der Waals surface area (Å²) in [6.45, 7) is 10.2. The van der Waals surface area contributed by atoms with E-state index in [1.165, 1.54) is 0 Å². The van der Waals surface area contributed by atoms with Gasteiger partial charge in [0.15, 0.2) is 6.29 Å². The number of hydrogen-bond donors (Lipinski definition) is 0. The number of benzene rings is 1. The molecule has 0 N–H and O–H groups in total. The lowest BCUT2D eigenvalue weighted by Crippen LogP contribution is -2.43. The van der Waals surface area contributed by atoms with Crippen molar-refractivity contribution >= 4 is 0 Å². The Morgan fingerprint density at radius 1 is 1.29 bits per heavy atom. The van der Waals surface area contributed by atoms with Gasteiger partial charge in [0, 0.05) is 5.56 Å². The Balaban J connectivity index is 2.05. The smallest absolute Gasteiger partial charge is 0.184 e. The normalized spacial score (nSPS) is 25.0. The number of methoxy groups -OCH3 is 1. The average molecular weight is 332 g/mol. The van der Waals surface area contributed by atoms with Gasteiger partial charge in [0.25, 0.3) is 0 Å².